The van der Waals surface area contributed by atoms with Crippen molar-refractivity contribution in [2.45, 2.75) is 6.92 Å². The van der Waals surface area contributed by atoms with Crippen molar-refractivity contribution in [3.8, 4) is 11.4 Å². The molecule has 5 rings (SSSR count). The third-order valence-corrected chi connectivity index (χ3v) is 5.76. The maximum atomic E-state index is 12.4. The van der Waals surface area contributed by atoms with Gasteiger partial charge in [0.15, 0.2) is 5.82 Å². The Bertz CT molecular complexity index is 1130. The zero-order valence-corrected chi connectivity index (χ0v) is 19.6. The van der Waals surface area contributed by atoms with Crippen LogP contribution in [0.3, 0.4) is 0 Å². The molecule has 11 nitrogen and oxygen atoms in total. The van der Waals surface area contributed by atoms with Crippen LogP contribution in [0, 0.1) is 6.92 Å². The van der Waals surface area contributed by atoms with Crippen LogP contribution in [-0.2, 0) is 9.47 Å². The first kappa shape index (κ1) is 22.9. The quantitative estimate of drug-likeness (QED) is 0.573. The summed E-state index contributed by atoms with van der Waals surface area (Å²) in [6, 6.07) is 10.7. The van der Waals surface area contributed by atoms with Gasteiger partial charge in [-0.15, -0.1) is 0 Å². The van der Waals surface area contributed by atoms with Crippen molar-refractivity contribution >= 4 is 29.3 Å². The molecule has 35 heavy (non-hydrogen) atoms. The van der Waals surface area contributed by atoms with Gasteiger partial charge in [-0.05, 0) is 43.3 Å². The summed E-state index contributed by atoms with van der Waals surface area (Å²) in [5, 5.41) is 5.66. The maximum Gasteiger partial charge on any atom is 0.323 e. The lowest BCUT2D eigenvalue weighted by Gasteiger charge is -2.30. The predicted molar refractivity (Wildman–Crippen MR) is 133 cm³/mol. The summed E-state index contributed by atoms with van der Waals surface area (Å²) in [7, 11) is 0. The minimum atomic E-state index is -0.326. The number of anilines is 4. The Balaban J connectivity index is 1.34. The highest BCUT2D eigenvalue weighted by Crippen LogP contribution is 2.24. The maximum absolute atomic E-state index is 12.4. The number of hydrogen-bond donors (Lipinski definition) is 2. The fraction of sp³-hybridized carbons (Fsp3) is 0.375. The highest BCUT2D eigenvalue weighted by atomic mass is 16.5. The van der Waals surface area contributed by atoms with Crippen molar-refractivity contribution < 1.29 is 14.3 Å². The van der Waals surface area contributed by atoms with Crippen LogP contribution in [0.4, 0.5) is 28.1 Å². The van der Waals surface area contributed by atoms with E-state index in [1.54, 1.807) is 12.3 Å². The second-order valence-electron chi connectivity index (χ2n) is 8.30. The zero-order chi connectivity index (χ0) is 24.0. The molecular weight excluding hydrogens is 448 g/mol. The summed E-state index contributed by atoms with van der Waals surface area (Å²) in [4.78, 5) is 35.0. The predicted octanol–water partition coefficient (Wildman–Crippen LogP) is 2.56. The van der Waals surface area contributed by atoms with Gasteiger partial charge >= 0.3 is 6.03 Å². The van der Waals surface area contributed by atoms with Crippen LogP contribution in [0.5, 0.6) is 0 Å². The van der Waals surface area contributed by atoms with Crippen molar-refractivity contribution in [1.29, 1.82) is 0 Å². The molecule has 0 bridgehead atoms. The van der Waals surface area contributed by atoms with Crippen LogP contribution in [0.2, 0.25) is 0 Å². The number of ether oxygens (including phenoxy) is 2. The molecule has 0 radical (unpaired) electrons. The number of aryl methyl sites for hydroxylation is 1. The van der Waals surface area contributed by atoms with Crippen molar-refractivity contribution in [1.82, 2.24) is 19.9 Å². The second kappa shape index (κ2) is 10.6. The highest BCUT2D eigenvalue weighted by molar-refractivity contribution is 5.99. The average molecular weight is 477 g/mol. The molecule has 2 fully saturated rings. The van der Waals surface area contributed by atoms with E-state index in [9.17, 15) is 4.79 Å². The van der Waals surface area contributed by atoms with Gasteiger partial charge < -0.3 is 29.9 Å². The van der Waals surface area contributed by atoms with E-state index < -0.39 is 0 Å². The van der Waals surface area contributed by atoms with Crippen molar-refractivity contribution in [2.75, 3.05) is 73.0 Å². The molecule has 0 unspecified atom stereocenters. The summed E-state index contributed by atoms with van der Waals surface area (Å²) in [5.41, 5.74) is 3.01. The van der Waals surface area contributed by atoms with Gasteiger partial charge in [0.1, 0.15) is 0 Å². The molecule has 4 heterocycles. The Kier molecular flexibility index (Phi) is 6.96. The lowest BCUT2D eigenvalue weighted by Crippen LogP contribution is -2.40. The van der Waals surface area contributed by atoms with Crippen LogP contribution >= 0.6 is 0 Å². The summed E-state index contributed by atoms with van der Waals surface area (Å²) in [6.07, 6.45) is 1.66. The number of rotatable bonds is 5. The van der Waals surface area contributed by atoms with E-state index in [0.717, 1.165) is 37.4 Å². The third kappa shape index (κ3) is 5.81. The first-order chi connectivity index (χ1) is 17.1. The number of nitrogens with one attached hydrogen (secondary N) is 2. The fourth-order valence-corrected chi connectivity index (χ4v) is 3.91. The molecule has 2 aromatic heterocycles. The monoisotopic (exact) mass is 476 g/mol. The summed E-state index contributed by atoms with van der Waals surface area (Å²) >= 11 is 0. The molecule has 2 N–H and O–H groups in total. The average Bonchev–Trinajstić information content (AvgIpc) is 2.90. The molecule has 2 aliphatic heterocycles. The molecule has 2 aliphatic rings. The van der Waals surface area contributed by atoms with Gasteiger partial charge in [0.05, 0.1) is 26.4 Å². The molecule has 0 saturated carbocycles. The zero-order valence-electron chi connectivity index (χ0n) is 19.6. The standard InChI is InChI=1S/C24H28N8O3/c1-17-16-20(6-7-25-17)27-24(33)26-19-4-2-18(3-5-19)21-28-22(31-8-12-34-13-9-31)30-23(29-21)32-10-14-35-15-11-32/h2-7,16H,8-15H2,1H3,(H2,25,26,27,33). The smallest absolute Gasteiger partial charge is 0.323 e. The van der Waals surface area contributed by atoms with Crippen LogP contribution < -0.4 is 20.4 Å². The van der Waals surface area contributed by atoms with E-state index in [4.69, 9.17) is 24.4 Å². The van der Waals surface area contributed by atoms with Crippen LogP contribution in [0.25, 0.3) is 11.4 Å². The van der Waals surface area contributed by atoms with Gasteiger partial charge in [0.25, 0.3) is 0 Å². The minimum Gasteiger partial charge on any atom is -0.378 e. The Morgan fingerprint density at radius 3 is 1.94 bits per heavy atom. The van der Waals surface area contributed by atoms with Gasteiger partial charge in [-0.3, -0.25) is 4.98 Å². The summed E-state index contributed by atoms with van der Waals surface area (Å²) < 4.78 is 11.0. The van der Waals surface area contributed by atoms with E-state index >= 15 is 0 Å². The van der Waals surface area contributed by atoms with E-state index in [-0.39, 0.29) is 6.03 Å². The molecule has 3 aromatic rings. The Labute approximate surface area is 203 Å². The number of pyridine rings is 1. The number of nitrogens with zero attached hydrogens (tertiary/aromatic N) is 6. The SMILES string of the molecule is Cc1cc(NC(=O)Nc2ccc(-c3nc(N4CCOCC4)nc(N4CCOCC4)n3)cc2)ccn1. The molecule has 0 spiro atoms. The lowest BCUT2D eigenvalue weighted by molar-refractivity contribution is 0.121. The van der Waals surface area contributed by atoms with Crippen LogP contribution in [0.1, 0.15) is 5.69 Å². The third-order valence-electron chi connectivity index (χ3n) is 5.76. The fourth-order valence-electron chi connectivity index (χ4n) is 3.91. The van der Waals surface area contributed by atoms with Gasteiger partial charge in [0.2, 0.25) is 11.9 Å². The molecular formula is C24H28N8O3. The summed E-state index contributed by atoms with van der Waals surface area (Å²) in [6.45, 7) is 7.41. The number of benzene rings is 1. The molecule has 1 aromatic carbocycles. The van der Waals surface area contributed by atoms with Gasteiger partial charge in [-0.2, -0.15) is 15.0 Å². The number of hydrogen-bond acceptors (Lipinski definition) is 9. The number of morpholine rings is 2. The number of urea groups is 1. The van der Waals surface area contributed by atoms with E-state index in [1.165, 1.54) is 0 Å². The van der Waals surface area contributed by atoms with Gasteiger partial charge in [-0.25, -0.2) is 4.79 Å². The Hall–Kier alpha value is -3.83. The normalized spacial score (nSPS) is 16.1. The number of carbonyl (C=O) groups is 1. The van der Waals surface area contributed by atoms with E-state index in [0.29, 0.717) is 55.5 Å². The van der Waals surface area contributed by atoms with E-state index in [1.807, 2.05) is 37.3 Å². The molecule has 2 saturated heterocycles. The van der Waals surface area contributed by atoms with Crippen molar-refractivity contribution in [3.05, 3.63) is 48.3 Å². The first-order valence-electron chi connectivity index (χ1n) is 11.7. The first-order valence-corrected chi connectivity index (χ1v) is 11.7. The molecule has 2 amide bonds. The largest absolute Gasteiger partial charge is 0.378 e. The van der Waals surface area contributed by atoms with Crippen LogP contribution in [0.15, 0.2) is 42.6 Å². The molecule has 182 valence electrons. The van der Waals surface area contributed by atoms with Crippen molar-refractivity contribution in [2.24, 2.45) is 0 Å². The van der Waals surface area contributed by atoms with Gasteiger partial charge in [0, 0.05) is 55.0 Å². The molecule has 0 atom stereocenters. The van der Waals surface area contributed by atoms with E-state index in [2.05, 4.69) is 25.4 Å². The Morgan fingerprint density at radius 2 is 1.37 bits per heavy atom. The number of amides is 2. The lowest BCUT2D eigenvalue weighted by atomic mass is 10.2. The summed E-state index contributed by atoms with van der Waals surface area (Å²) in [5.74, 6) is 1.88. The minimum absolute atomic E-state index is 0.326. The van der Waals surface area contributed by atoms with Crippen molar-refractivity contribution in [3.63, 3.8) is 0 Å². The Morgan fingerprint density at radius 1 is 0.800 bits per heavy atom. The molecule has 11 heteroatoms. The van der Waals surface area contributed by atoms with Crippen LogP contribution in [-0.4, -0.2) is 78.6 Å². The second-order valence-corrected chi connectivity index (χ2v) is 8.30. The van der Waals surface area contributed by atoms with Gasteiger partial charge in [-0.1, -0.05) is 0 Å². The molecule has 0 aliphatic carbocycles. The number of aromatic nitrogens is 4. The number of carbonyl (C=O) groups excluding carboxylic acids is 1. The topological polar surface area (TPSA) is 118 Å². The highest BCUT2D eigenvalue weighted by Gasteiger charge is 2.21.